The molecular formula is C27H40O2. The Morgan fingerprint density at radius 1 is 0.897 bits per heavy atom. The zero-order valence-electron chi connectivity index (χ0n) is 18.4. The summed E-state index contributed by atoms with van der Waals surface area (Å²) in [5, 5.41) is 22.1. The SMILES string of the molecule is C[C@]12CC[C@@H](O)C[C@@H]1CC[C@@H]1[C@H]3CC[C@@](O)(CCc4ccccc4)[C@@]3(C)CC[C@@H]12. The van der Waals surface area contributed by atoms with Crippen molar-refractivity contribution in [3.8, 4) is 0 Å². The molecule has 4 aliphatic carbocycles. The average Bonchev–Trinajstić information content (AvgIpc) is 2.99. The Labute approximate surface area is 177 Å². The molecule has 4 saturated carbocycles. The standard InChI is InChI=1S/C27H40O2/c1-25-14-11-21(28)18-20(25)8-9-22-23(25)12-15-26(2)24(22)13-17-27(26,29)16-10-19-6-4-3-5-7-19/h3-7,20-24,28-29H,8-18H2,1-2H3/t20-,21+,22-,23-,24+,25-,26-,27-/m0/s1. The summed E-state index contributed by atoms with van der Waals surface area (Å²) in [4.78, 5) is 0. The molecule has 160 valence electrons. The molecule has 2 heteroatoms. The van der Waals surface area contributed by atoms with Crippen molar-refractivity contribution in [1.29, 1.82) is 0 Å². The summed E-state index contributed by atoms with van der Waals surface area (Å²) in [5.74, 6) is 3.00. The van der Waals surface area contributed by atoms with Crippen molar-refractivity contribution in [2.24, 2.45) is 34.5 Å². The van der Waals surface area contributed by atoms with Crippen molar-refractivity contribution in [2.75, 3.05) is 0 Å². The number of aliphatic hydroxyl groups is 2. The van der Waals surface area contributed by atoms with Crippen LogP contribution in [0.5, 0.6) is 0 Å². The topological polar surface area (TPSA) is 40.5 Å². The van der Waals surface area contributed by atoms with Crippen molar-refractivity contribution in [2.45, 2.75) is 96.2 Å². The Kier molecular flexibility index (Phi) is 4.91. The molecule has 2 N–H and O–H groups in total. The Bertz CT molecular complexity index is 731. The highest BCUT2D eigenvalue weighted by atomic mass is 16.3. The van der Waals surface area contributed by atoms with Crippen LogP contribution in [0, 0.1) is 34.5 Å². The van der Waals surface area contributed by atoms with Crippen LogP contribution < -0.4 is 0 Å². The molecule has 0 amide bonds. The maximum atomic E-state index is 11.9. The van der Waals surface area contributed by atoms with E-state index in [1.807, 2.05) is 0 Å². The number of hydrogen-bond donors (Lipinski definition) is 2. The molecule has 4 fully saturated rings. The maximum absolute atomic E-state index is 11.9. The third kappa shape index (κ3) is 3.04. The van der Waals surface area contributed by atoms with Gasteiger partial charge in [0.2, 0.25) is 0 Å². The van der Waals surface area contributed by atoms with Crippen molar-refractivity contribution >= 4 is 0 Å². The maximum Gasteiger partial charge on any atom is 0.0707 e. The summed E-state index contributed by atoms with van der Waals surface area (Å²) < 4.78 is 0. The minimum absolute atomic E-state index is 0.0620. The van der Waals surface area contributed by atoms with E-state index in [1.54, 1.807) is 0 Å². The van der Waals surface area contributed by atoms with E-state index in [9.17, 15) is 10.2 Å². The lowest BCUT2D eigenvalue weighted by atomic mass is 9.44. The second kappa shape index (κ2) is 7.09. The lowest BCUT2D eigenvalue weighted by molar-refractivity contribution is -0.160. The largest absolute Gasteiger partial charge is 0.393 e. The minimum atomic E-state index is -0.501. The third-order valence-corrected chi connectivity index (χ3v) is 10.6. The van der Waals surface area contributed by atoms with E-state index in [1.165, 1.54) is 44.1 Å². The van der Waals surface area contributed by atoms with E-state index >= 15 is 0 Å². The van der Waals surface area contributed by atoms with Gasteiger partial charge in [-0.05, 0) is 111 Å². The van der Waals surface area contributed by atoms with Gasteiger partial charge in [0.1, 0.15) is 0 Å². The lowest BCUT2D eigenvalue weighted by Crippen LogP contribution is -2.56. The summed E-state index contributed by atoms with van der Waals surface area (Å²) in [6, 6.07) is 10.7. The molecule has 0 heterocycles. The van der Waals surface area contributed by atoms with Gasteiger partial charge in [-0.25, -0.2) is 0 Å². The van der Waals surface area contributed by atoms with Crippen molar-refractivity contribution in [1.82, 2.24) is 0 Å². The minimum Gasteiger partial charge on any atom is -0.393 e. The van der Waals surface area contributed by atoms with E-state index in [2.05, 4.69) is 44.2 Å². The van der Waals surface area contributed by atoms with Gasteiger partial charge in [-0.15, -0.1) is 0 Å². The van der Waals surface area contributed by atoms with Gasteiger partial charge in [-0.2, -0.15) is 0 Å². The molecule has 0 spiro atoms. The quantitative estimate of drug-likeness (QED) is 0.682. The number of rotatable bonds is 3. The molecule has 0 aliphatic heterocycles. The highest BCUT2D eigenvalue weighted by molar-refractivity contribution is 5.18. The van der Waals surface area contributed by atoms with Crippen LogP contribution in [0.15, 0.2) is 30.3 Å². The van der Waals surface area contributed by atoms with Crippen LogP contribution in [0.2, 0.25) is 0 Å². The summed E-state index contributed by atoms with van der Waals surface area (Å²) in [7, 11) is 0. The van der Waals surface area contributed by atoms with Crippen molar-refractivity contribution in [3.05, 3.63) is 35.9 Å². The highest BCUT2D eigenvalue weighted by Crippen LogP contribution is 2.68. The molecule has 0 saturated heterocycles. The molecule has 0 aromatic heterocycles. The van der Waals surface area contributed by atoms with Crippen LogP contribution in [-0.4, -0.2) is 21.9 Å². The Morgan fingerprint density at radius 3 is 2.45 bits per heavy atom. The molecule has 8 atom stereocenters. The van der Waals surface area contributed by atoms with E-state index in [-0.39, 0.29) is 11.5 Å². The van der Waals surface area contributed by atoms with Crippen molar-refractivity contribution < 1.29 is 10.2 Å². The van der Waals surface area contributed by atoms with E-state index in [0.29, 0.717) is 11.3 Å². The molecular weight excluding hydrogens is 356 g/mol. The average molecular weight is 397 g/mol. The predicted octanol–water partition coefficient (Wildman–Crippen LogP) is 5.75. The monoisotopic (exact) mass is 396 g/mol. The van der Waals surface area contributed by atoms with Gasteiger partial charge in [-0.1, -0.05) is 44.2 Å². The molecule has 0 radical (unpaired) electrons. The third-order valence-electron chi connectivity index (χ3n) is 10.6. The summed E-state index contributed by atoms with van der Waals surface area (Å²) in [6.07, 6.45) is 12.4. The van der Waals surface area contributed by atoms with Crippen LogP contribution >= 0.6 is 0 Å². The Balaban J connectivity index is 1.35. The van der Waals surface area contributed by atoms with E-state index in [0.717, 1.165) is 49.9 Å². The first-order valence-corrected chi connectivity index (χ1v) is 12.3. The molecule has 5 rings (SSSR count). The smallest absolute Gasteiger partial charge is 0.0707 e. The summed E-state index contributed by atoms with van der Waals surface area (Å²) in [6.45, 7) is 4.99. The first-order valence-electron chi connectivity index (χ1n) is 12.3. The molecule has 1 aromatic carbocycles. The Morgan fingerprint density at radius 2 is 1.66 bits per heavy atom. The Hall–Kier alpha value is -0.860. The molecule has 1 aromatic rings. The van der Waals surface area contributed by atoms with Crippen LogP contribution in [0.1, 0.15) is 83.6 Å². The fourth-order valence-electron chi connectivity index (χ4n) is 8.75. The molecule has 0 unspecified atom stereocenters. The van der Waals surface area contributed by atoms with Gasteiger partial charge in [0, 0.05) is 0 Å². The fraction of sp³-hybridized carbons (Fsp3) is 0.778. The van der Waals surface area contributed by atoms with Gasteiger partial charge in [0.05, 0.1) is 11.7 Å². The number of aryl methyl sites for hydroxylation is 1. The number of hydrogen-bond acceptors (Lipinski definition) is 2. The van der Waals surface area contributed by atoms with Crippen molar-refractivity contribution in [3.63, 3.8) is 0 Å². The van der Waals surface area contributed by atoms with Crippen LogP contribution in [0.25, 0.3) is 0 Å². The molecule has 29 heavy (non-hydrogen) atoms. The molecule has 2 nitrogen and oxygen atoms in total. The first-order chi connectivity index (χ1) is 13.9. The lowest BCUT2D eigenvalue weighted by Gasteiger charge is -2.61. The van der Waals surface area contributed by atoms with Crippen LogP contribution in [0.3, 0.4) is 0 Å². The molecule has 0 bridgehead atoms. The molecule has 4 aliphatic rings. The zero-order valence-corrected chi connectivity index (χ0v) is 18.4. The van der Waals surface area contributed by atoms with Gasteiger partial charge in [0.25, 0.3) is 0 Å². The van der Waals surface area contributed by atoms with Crippen LogP contribution in [0.4, 0.5) is 0 Å². The summed E-state index contributed by atoms with van der Waals surface area (Å²) in [5.41, 5.74) is 1.36. The fourth-order valence-corrected chi connectivity index (χ4v) is 8.75. The number of benzene rings is 1. The van der Waals surface area contributed by atoms with E-state index in [4.69, 9.17) is 0 Å². The highest BCUT2D eigenvalue weighted by Gasteiger charge is 2.64. The van der Waals surface area contributed by atoms with Gasteiger partial charge in [0.15, 0.2) is 0 Å². The number of fused-ring (bicyclic) bond motifs is 5. The second-order valence-corrected chi connectivity index (χ2v) is 11.6. The predicted molar refractivity (Wildman–Crippen MR) is 117 cm³/mol. The number of aliphatic hydroxyl groups excluding tert-OH is 1. The van der Waals surface area contributed by atoms with E-state index < -0.39 is 5.60 Å². The summed E-state index contributed by atoms with van der Waals surface area (Å²) >= 11 is 0. The zero-order chi connectivity index (χ0) is 20.3. The van der Waals surface area contributed by atoms with Gasteiger partial charge >= 0.3 is 0 Å². The second-order valence-electron chi connectivity index (χ2n) is 11.6. The van der Waals surface area contributed by atoms with Gasteiger partial charge < -0.3 is 10.2 Å². The van der Waals surface area contributed by atoms with Crippen LogP contribution in [-0.2, 0) is 6.42 Å². The van der Waals surface area contributed by atoms with Gasteiger partial charge in [-0.3, -0.25) is 0 Å². The normalized spacial score (nSPS) is 49.2. The first kappa shape index (κ1) is 20.1.